The zero-order chi connectivity index (χ0) is 34.4. The highest BCUT2D eigenvalue weighted by Crippen LogP contribution is 2.38. The van der Waals surface area contributed by atoms with Crippen molar-refractivity contribution in [1.29, 1.82) is 0 Å². The first-order chi connectivity index (χ1) is 22.0. The molecule has 0 aliphatic rings. The minimum Gasteiger partial charge on any atom is -0.756 e. The van der Waals surface area contributed by atoms with Gasteiger partial charge in [0.05, 0.1) is 39.9 Å². The molecule has 9 heteroatoms. The molecule has 3 atom stereocenters. The summed E-state index contributed by atoms with van der Waals surface area (Å²) in [6.45, 7) is 4.58. The van der Waals surface area contributed by atoms with Gasteiger partial charge in [0.25, 0.3) is 7.82 Å². The summed E-state index contributed by atoms with van der Waals surface area (Å²) in [6, 6.07) is -0.884. The Morgan fingerprint density at radius 2 is 1.20 bits per heavy atom. The number of allylic oxidation sites excluding steroid dienone is 3. The van der Waals surface area contributed by atoms with E-state index in [9.17, 15) is 19.4 Å². The van der Waals surface area contributed by atoms with E-state index in [2.05, 4.69) is 31.3 Å². The summed E-state index contributed by atoms with van der Waals surface area (Å²) in [6.07, 6.45) is 32.1. The lowest BCUT2D eigenvalue weighted by Gasteiger charge is -2.29. The molecule has 0 aromatic heterocycles. The lowest BCUT2D eigenvalue weighted by molar-refractivity contribution is -0.870. The molecular formula is C37H73N2O6P. The van der Waals surface area contributed by atoms with Crippen molar-refractivity contribution in [3.8, 4) is 0 Å². The second kappa shape index (κ2) is 30.1. The quantitative estimate of drug-likeness (QED) is 0.0312. The molecule has 0 aliphatic carbocycles. The Morgan fingerprint density at radius 1 is 0.739 bits per heavy atom. The fraction of sp³-hybridized carbons (Fsp3) is 0.865. The predicted octanol–water partition coefficient (Wildman–Crippen LogP) is 8.77. The highest BCUT2D eigenvalue weighted by molar-refractivity contribution is 7.45. The topological polar surface area (TPSA) is 108 Å². The molecule has 0 aliphatic heterocycles. The number of hydrogen-bond acceptors (Lipinski definition) is 6. The SMILES string of the molecule is CCCCCC/C=C\CCCCCCCC(=O)NC(COP(=O)([O-])OCC[N+](C)(C)C)C(O)/C=C/CCCCCCCCCCC. The molecule has 0 aromatic carbocycles. The molecule has 272 valence electrons. The number of rotatable bonds is 33. The van der Waals surface area contributed by atoms with Gasteiger partial charge in [-0.25, -0.2) is 0 Å². The molecule has 0 rings (SSSR count). The Kier molecular flexibility index (Phi) is 29.4. The molecular weight excluding hydrogens is 599 g/mol. The molecule has 0 heterocycles. The number of phosphoric acid groups is 1. The zero-order valence-electron chi connectivity index (χ0n) is 30.5. The van der Waals surface area contributed by atoms with E-state index in [0.717, 1.165) is 51.4 Å². The second-order valence-corrected chi connectivity index (χ2v) is 15.3. The van der Waals surface area contributed by atoms with Crippen molar-refractivity contribution in [2.24, 2.45) is 0 Å². The minimum atomic E-state index is -4.57. The number of aliphatic hydroxyl groups is 1. The molecule has 0 radical (unpaired) electrons. The summed E-state index contributed by atoms with van der Waals surface area (Å²) in [4.78, 5) is 25.1. The van der Waals surface area contributed by atoms with Gasteiger partial charge in [0.2, 0.25) is 5.91 Å². The first-order valence-corrected chi connectivity index (χ1v) is 20.2. The number of unbranched alkanes of at least 4 members (excludes halogenated alkanes) is 18. The molecule has 8 nitrogen and oxygen atoms in total. The lowest BCUT2D eigenvalue weighted by Crippen LogP contribution is -2.45. The summed E-state index contributed by atoms with van der Waals surface area (Å²) < 4.78 is 23.0. The summed E-state index contributed by atoms with van der Waals surface area (Å²) in [5, 5.41) is 13.7. The Bertz CT molecular complexity index is 814. The van der Waals surface area contributed by atoms with Crippen LogP contribution in [0.2, 0.25) is 0 Å². The summed E-state index contributed by atoms with van der Waals surface area (Å²) in [5.74, 6) is -0.210. The van der Waals surface area contributed by atoms with Gasteiger partial charge in [-0.3, -0.25) is 9.36 Å². The fourth-order valence-corrected chi connectivity index (χ4v) is 5.81. The van der Waals surface area contributed by atoms with E-state index in [1.807, 2.05) is 27.2 Å². The highest BCUT2D eigenvalue weighted by atomic mass is 31.2. The van der Waals surface area contributed by atoms with E-state index in [1.165, 1.54) is 83.5 Å². The van der Waals surface area contributed by atoms with Crippen molar-refractivity contribution in [2.75, 3.05) is 40.9 Å². The third-order valence-corrected chi connectivity index (χ3v) is 9.12. The number of phosphoric ester groups is 1. The molecule has 1 amide bonds. The summed E-state index contributed by atoms with van der Waals surface area (Å²) >= 11 is 0. The molecule has 0 spiro atoms. The van der Waals surface area contributed by atoms with Gasteiger partial charge in [-0.1, -0.05) is 128 Å². The van der Waals surface area contributed by atoms with E-state index in [4.69, 9.17) is 9.05 Å². The van der Waals surface area contributed by atoms with Gasteiger partial charge in [-0.05, 0) is 44.9 Å². The Morgan fingerprint density at radius 3 is 1.72 bits per heavy atom. The average Bonchev–Trinajstić information content (AvgIpc) is 2.99. The number of amides is 1. The normalized spacial score (nSPS) is 15.0. The maximum absolute atomic E-state index is 12.7. The van der Waals surface area contributed by atoms with Gasteiger partial charge in [0.1, 0.15) is 13.2 Å². The summed E-state index contributed by atoms with van der Waals surface area (Å²) in [5.41, 5.74) is 0. The third kappa shape index (κ3) is 31.6. The van der Waals surface area contributed by atoms with E-state index in [0.29, 0.717) is 17.4 Å². The first-order valence-electron chi connectivity index (χ1n) is 18.7. The van der Waals surface area contributed by atoms with Crippen molar-refractivity contribution >= 4 is 13.7 Å². The van der Waals surface area contributed by atoms with Crippen LogP contribution in [0.25, 0.3) is 0 Å². The Labute approximate surface area is 284 Å². The molecule has 46 heavy (non-hydrogen) atoms. The molecule has 0 saturated carbocycles. The molecule has 0 saturated heterocycles. The zero-order valence-corrected chi connectivity index (χ0v) is 31.4. The maximum Gasteiger partial charge on any atom is 0.268 e. The smallest absolute Gasteiger partial charge is 0.268 e. The van der Waals surface area contributed by atoms with Gasteiger partial charge in [0.15, 0.2) is 0 Å². The Balaban J connectivity index is 4.57. The van der Waals surface area contributed by atoms with E-state index >= 15 is 0 Å². The van der Waals surface area contributed by atoms with Gasteiger partial charge in [-0.15, -0.1) is 0 Å². The van der Waals surface area contributed by atoms with Crippen molar-refractivity contribution in [3.63, 3.8) is 0 Å². The second-order valence-electron chi connectivity index (χ2n) is 13.9. The molecule has 2 N–H and O–H groups in total. The van der Waals surface area contributed by atoms with Crippen molar-refractivity contribution in [1.82, 2.24) is 5.32 Å². The van der Waals surface area contributed by atoms with Crippen LogP contribution in [0.5, 0.6) is 0 Å². The minimum absolute atomic E-state index is 0.00215. The number of likely N-dealkylation sites (N-methyl/N-ethyl adjacent to an activating group) is 1. The molecule has 0 fully saturated rings. The van der Waals surface area contributed by atoms with Crippen LogP contribution in [-0.2, 0) is 18.4 Å². The van der Waals surface area contributed by atoms with Gasteiger partial charge >= 0.3 is 0 Å². The van der Waals surface area contributed by atoms with Crippen molar-refractivity contribution in [2.45, 2.75) is 167 Å². The fourth-order valence-electron chi connectivity index (χ4n) is 5.09. The van der Waals surface area contributed by atoms with Crippen LogP contribution >= 0.6 is 7.82 Å². The average molecular weight is 673 g/mol. The standard InChI is InChI=1S/C37H73N2O6P/c1-6-8-10-12-14-16-18-19-21-23-25-27-29-31-37(41)38-35(34-45-46(42,43)44-33-32-39(3,4)5)36(40)30-28-26-24-22-20-17-15-13-11-9-7-2/h16,18,28,30,35-36,40H,6-15,17,19-27,29,31-34H2,1-5H3,(H-,38,41,42,43)/b18-16-,30-28+. The van der Waals surface area contributed by atoms with Crippen LogP contribution in [0, 0.1) is 0 Å². The largest absolute Gasteiger partial charge is 0.756 e. The highest BCUT2D eigenvalue weighted by Gasteiger charge is 2.23. The van der Waals surface area contributed by atoms with E-state index in [1.54, 1.807) is 6.08 Å². The summed E-state index contributed by atoms with van der Waals surface area (Å²) in [7, 11) is 1.25. The predicted molar refractivity (Wildman–Crippen MR) is 192 cm³/mol. The lowest BCUT2D eigenvalue weighted by atomic mass is 10.1. The van der Waals surface area contributed by atoms with Crippen LogP contribution in [0.4, 0.5) is 0 Å². The first kappa shape index (κ1) is 45.0. The van der Waals surface area contributed by atoms with Crippen molar-refractivity contribution in [3.05, 3.63) is 24.3 Å². The van der Waals surface area contributed by atoms with Crippen molar-refractivity contribution < 1.29 is 32.9 Å². The van der Waals surface area contributed by atoms with E-state index < -0.39 is 20.0 Å². The van der Waals surface area contributed by atoms with Crippen LogP contribution < -0.4 is 10.2 Å². The molecule has 3 unspecified atom stereocenters. The van der Waals surface area contributed by atoms with Crippen LogP contribution in [0.1, 0.15) is 155 Å². The molecule has 0 bridgehead atoms. The Hall–Kier alpha value is -1.02. The number of nitrogens with zero attached hydrogens (tertiary/aromatic N) is 1. The van der Waals surface area contributed by atoms with Crippen LogP contribution in [0.3, 0.4) is 0 Å². The van der Waals surface area contributed by atoms with Crippen LogP contribution in [-0.4, -0.2) is 68.5 Å². The number of hydrogen-bond donors (Lipinski definition) is 2. The maximum atomic E-state index is 12.7. The van der Waals surface area contributed by atoms with Crippen LogP contribution in [0.15, 0.2) is 24.3 Å². The number of carbonyl (C=O) groups excluding carboxylic acids is 1. The third-order valence-electron chi connectivity index (χ3n) is 8.16. The number of nitrogens with one attached hydrogen (secondary N) is 1. The van der Waals surface area contributed by atoms with Gasteiger partial charge in [-0.2, -0.15) is 0 Å². The van der Waals surface area contributed by atoms with E-state index in [-0.39, 0.29) is 19.1 Å². The number of quaternary nitrogens is 1. The number of aliphatic hydroxyl groups excluding tert-OH is 1. The number of carbonyl (C=O) groups is 1. The molecule has 0 aromatic rings. The van der Waals surface area contributed by atoms with Gasteiger partial charge < -0.3 is 28.8 Å². The monoisotopic (exact) mass is 673 g/mol. The van der Waals surface area contributed by atoms with Gasteiger partial charge in [0, 0.05) is 6.42 Å².